The zero-order valence-electron chi connectivity index (χ0n) is 30.9. The fourth-order valence-electron chi connectivity index (χ4n) is 2.99. The van der Waals surface area contributed by atoms with Crippen LogP contribution in [0.4, 0.5) is 0 Å². The topological polar surface area (TPSA) is 392 Å². The van der Waals surface area contributed by atoms with E-state index < -0.39 is 60.0 Å². The van der Waals surface area contributed by atoms with Crippen molar-refractivity contribution in [3.05, 3.63) is 44.8 Å². The van der Waals surface area contributed by atoms with E-state index in [2.05, 4.69) is 12.2 Å². The number of nitrogens with one attached hydrogen (secondary N) is 1. The highest BCUT2D eigenvalue weighted by molar-refractivity contribution is 7.10. The number of carboxylic acid groups (broad SMARTS) is 6. The van der Waals surface area contributed by atoms with Crippen LogP contribution in [0.3, 0.4) is 0 Å². The Hall–Kier alpha value is -4.06. The number of nitrogens with two attached hydrogens (primary N) is 6. The molecule has 0 bridgehead atoms. The van der Waals surface area contributed by atoms with Gasteiger partial charge in [0.2, 0.25) is 0 Å². The van der Waals surface area contributed by atoms with Gasteiger partial charge in [-0.15, -0.1) is 22.7 Å². The largest absolute Gasteiger partial charge is 0.481 e. The Kier molecular flexibility index (Phi) is 40.6. The van der Waals surface area contributed by atoms with Crippen LogP contribution in [0.5, 0.6) is 0 Å². The highest BCUT2D eigenvalue weighted by atomic mass is 32.1. The number of likely N-dealkylation sites (N-methyl/N-ethyl adjacent to an activating group) is 1. The third kappa shape index (κ3) is 40.7. The maximum Gasteiger partial charge on any atom is 0.325 e. The molecule has 0 radical (unpaired) electrons. The predicted molar refractivity (Wildman–Crippen MR) is 208 cm³/mol. The summed E-state index contributed by atoms with van der Waals surface area (Å²) in [5.74, 6) is -5.40. The number of hydrogen-bond acceptors (Lipinski definition) is 15. The van der Waals surface area contributed by atoms with Crippen LogP contribution in [-0.2, 0) is 35.2 Å². The zero-order valence-corrected chi connectivity index (χ0v) is 32.5. The monoisotopic (exact) mass is 811 g/mol. The van der Waals surface area contributed by atoms with Crippen molar-refractivity contribution in [2.24, 2.45) is 34.4 Å². The minimum absolute atomic E-state index is 0.00463. The zero-order chi connectivity index (χ0) is 42.5. The number of thiophene rings is 2. The van der Waals surface area contributed by atoms with Gasteiger partial charge in [-0.2, -0.15) is 0 Å². The number of unbranched alkanes of at least 4 members (excludes halogenated alkanes) is 4. The summed E-state index contributed by atoms with van der Waals surface area (Å²) in [6.45, 7) is 5.38. The lowest BCUT2D eigenvalue weighted by molar-refractivity contribution is -0.139. The van der Waals surface area contributed by atoms with E-state index in [9.17, 15) is 28.8 Å². The highest BCUT2D eigenvalue weighted by Crippen LogP contribution is 2.16. The molecule has 0 saturated carbocycles. The average Bonchev–Trinajstić information content (AvgIpc) is 3.85. The second-order valence-electron chi connectivity index (χ2n) is 10.8. The van der Waals surface area contributed by atoms with Crippen LogP contribution in [0.2, 0.25) is 0 Å². The van der Waals surface area contributed by atoms with Crippen molar-refractivity contribution >= 4 is 58.5 Å². The maximum absolute atomic E-state index is 10.3. The molecule has 0 aliphatic carbocycles. The predicted octanol–water partition coefficient (Wildman–Crippen LogP) is 1.14. The first-order chi connectivity index (χ1) is 25.3. The maximum atomic E-state index is 10.3. The van der Waals surface area contributed by atoms with Gasteiger partial charge in [-0.05, 0) is 55.2 Å². The van der Waals surface area contributed by atoms with Crippen LogP contribution in [0.25, 0.3) is 0 Å². The molecule has 21 heteroatoms. The lowest BCUT2D eigenvalue weighted by atomic mass is 10.1. The van der Waals surface area contributed by atoms with Gasteiger partial charge >= 0.3 is 35.8 Å². The van der Waals surface area contributed by atoms with Crippen LogP contribution >= 0.6 is 22.7 Å². The summed E-state index contributed by atoms with van der Waals surface area (Å²) in [5.41, 5.74) is 30.8. The second kappa shape index (κ2) is 38.7. The van der Waals surface area contributed by atoms with Crippen LogP contribution in [-0.4, -0.2) is 111 Å². The van der Waals surface area contributed by atoms with Gasteiger partial charge in [0.25, 0.3) is 0 Å². The van der Waals surface area contributed by atoms with E-state index in [-0.39, 0.29) is 19.5 Å². The highest BCUT2D eigenvalue weighted by Gasteiger charge is 2.14. The molecule has 3 unspecified atom stereocenters. The average molecular weight is 812 g/mol. The van der Waals surface area contributed by atoms with Crippen LogP contribution in [0.1, 0.15) is 81.0 Å². The van der Waals surface area contributed by atoms with E-state index in [4.69, 9.17) is 65.0 Å². The second-order valence-corrected chi connectivity index (χ2v) is 12.9. The van der Waals surface area contributed by atoms with E-state index in [0.717, 1.165) is 43.4 Å². The molecule has 0 aromatic carbocycles. The van der Waals surface area contributed by atoms with Crippen LogP contribution < -0.4 is 39.7 Å². The third-order valence-corrected chi connectivity index (χ3v) is 7.92. The van der Waals surface area contributed by atoms with Crippen molar-refractivity contribution < 1.29 is 59.4 Å². The molecule has 19 N–H and O–H groups in total. The van der Waals surface area contributed by atoms with E-state index in [1.54, 1.807) is 17.5 Å². The van der Waals surface area contributed by atoms with Gasteiger partial charge in [-0.3, -0.25) is 28.8 Å². The summed E-state index contributed by atoms with van der Waals surface area (Å²) in [7, 11) is 0. The van der Waals surface area contributed by atoms with Gasteiger partial charge in [0.15, 0.2) is 0 Å². The molecule has 2 heterocycles. The minimum Gasteiger partial charge on any atom is -0.481 e. The molecule has 19 nitrogen and oxygen atoms in total. The Labute approximate surface area is 323 Å². The third-order valence-electron chi connectivity index (χ3n) is 6.06. The Morgan fingerprint density at radius 2 is 1.22 bits per heavy atom. The Morgan fingerprint density at radius 3 is 1.56 bits per heavy atom. The molecule has 312 valence electrons. The number of hydrogen-bond donors (Lipinski definition) is 13. The smallest absolute Gasteiger partial charge is 0.325 e. The fourth-order valence-corrected chi connectivity index (χ4v) is 4.47. The molecule has 0 amide bonds. The molecule has 0 fully saturated rings. The molecular formula is C33H61N7O12S2. The molecule has 0 saturated heterocycles. The molecular weight excluding hydrogens is 751 g/mol. The first-order valence-corrected chi connectivity index (χ1v) is 18.6. The summed E-state index contributed by atoms with van der Waals surface area (Å²) in [5, 5.41) is 55.8. The summed E-state index contributed by atoms with van der Waals surface area (Å²) >= 11 is 2.88. The molecule has 54 heavy (non-hydrogen) atoms. The standard InChI is InChI=1S/C7H9NO2S.C7H15NO2.C6H7NO2S.C6H13NO2.C4H9NO2.C3H8N2O2/c8-6(7(9)10)4-5-2-1-3-11-5;1-2-3-4-5-6(8)7(9)10;7-5(6(8)9)4-2-1-3-10-4;7-5-3-1-2-4-6(8)9;1-2-5-3-4(6)7;4-1-2(5)3(6)7/h1-3,6H,4,8H2,(H,9,10);6H,2-5,8H2,1H3,(H,9,10);1-3,5H,7H2,(H,8,9);1-5,7H2,(H,8,9);5H,2-3H2,1H3,(H,6,7);2H,1,4-5H2,(H,6,7)/t6-;;;;;/m0...../s1. The van der Waals surface area contributed by atoms with Crippen LogP contribution in [0.15, 0.2) is 35.0 Å². The van der Waals surface area contributed by atoms with E-state index in [0.29, 0.717) is 30.8 Å². The van der Waals surface area contributed by atoms with E-state index in [1.165, 1.54) is 22.7 Å². The van der Waals surface area contributed by atoms with Crippen molar-refractivity contribution in [3.63, 3.8) is 0 Å². The lowest BCUT2D eigenvalue weighted by Gasteiger charge is -2.03. The first kappa shape index (κ1) is 56.7. The first-order valence-electron chi connectivity index (χ1n) is 16.9. The molecule has 0 aliphatic heterocycles. The molecule has 4 atom stereocenters. The molecule has 0 aliphatic rings. The van der Waals surface area contributed by atoms with Gasteiger partial charge < -0.3 is 70.4 Å². The van der Waals surface area contributed by atoms with Gasteiger partial charge in [0.1, 0.15) is 24.2 Å². The molecule has 2 aromatic heterocycles. The Balaban J connectivity index is -0.000000280. The summed E-state index contributed by atoms with van der Waals surface area (Å²) in [6, 6.07) is 4.06. The number of carboxylic acids is 6. The fraction of sp³-hybridized carbons (Fsp3) is 0.576. The normalized spacial score (nSPS) is 11.9. The van der Waals surface area contributed by atoms with Gasteiger partial charge in [-0.25, -0.2) is 0 Å². The Morgan fingerprint density at radius 1 is 0.667 bits per heavy atom. The molecule has 2 aromatic rings. The number of aliphatic carboxylic acids is 6. The molecule has 0 spiro atoms. The minimum atomic E-state index is -1.05. The van der Waals surface area contributed by atoms with Crippen LogP contribution in [0, 0.1) is 0 Å². The summed E-state index contributed by atoms with van der Waals surface area (Å²) in [4.78, 5) is 61.8. The van der Waals surface area contributed by atoms with E-state index in [1.807, 2.05) is 24.4 Å². The van der Waals surface area contributed by atoms with E-state index >= 15 is 0 Å². The Bertz CT molecular complexity index is 1240. The van der Waals surface area contributed by atoms with Gasteiger partial charge in [0, 0.05) is 29.1 Å². The van der Waals surface area contributed by atoms with Crippen molar-refractivity contribution in [1.82, 2.24) is 5.32 Å². The summed E-state index contributed by atoms with van der Waals surface area (Å²) in [6.07, 6.45) is 7.02. The number of carbonyl (C=O) groups is 6. The summed E-state index contributed by atoms with van der Waals surface area (Å²) < 4.78 is 0. The van der Waals surface area contributed by atoms with Crippen molar-refractivity contribution in [2.75, 3.05) is 26.2 Å². The van der Waals surface area contributed by atoms with Gasteiger partial charge in [0.05, 0.1) is 6.54 Å². The quantitative estimate of drug-likeness (QED) is 0.0833. The van der Waals surface area contributed by atoms with Crippen molar-refractivity contribution in [3.8, 4) is 0 Å². The van der Waals surface area contributed by atoms with Crippen molar-refractivity contribution in [2.45, 2.75) is 95.8 Å². The molecule has 2 rings (SSSR count). The number of rotatable bonds is 20. The lowest BCUT2D eigenvalue weighted by Crippen LogP contribution is -2.37. The van der Waals surface area contributed by atoms with Crippen molar-refractivity contribution in [1.29, 1.82) is 0 Å². The van der Waals surface area contributed by atoms with Gasteiger partial charge in [-0.1, -0.05) is 51.7 Å². The SMILES string of the molecule is CCCCCC(N)C(=O)O.CCNCC(=O)O.NC(C(=O)O)c1cccs1.NCC(N)C(=O)O.NCCCCCC(=O)O.N[C@@H](Cc1cccs1)C(=O)O.